The summed E-state index contributed by atoms with van der Waals surface area (Å²) in [5, 5.41) is 0. The fourth-order valence-corrected chi connectivity index (χ4v) is 4.14. The van der Waals surface area contributed by atoms with Crippen LogP contribution in [0.3, 0.4) is 0 Å². The van der Waals surface area contributed by atoms with E-state index in [4.69, 9.17) is 4.74 Å². The van der Waals surface area contributed by atoms with E-state index in [9.17, 15) is 9.59 Å². The Morgan fingerprint density at radius 1 is 0.966 bits per heavy atom. The van der Waals surface area contributed by atoms with Crippen LogP contribution in [0, 0.1) is 0 Å². The molecule has 0 radical (unpaired) electrons. The molecule has 4 rings (SSSR count). The van der Waals surface area contributed by atoms with Crippen LogP contribution < -0.4 is 14.7 Å². The number of aryl methyl sites for hydroxylation is 1. The molecule has 0 unspecified atom stereocenters. The van der Waals surface area contributed by atoms with Crippen LogP contribution in [0.4, 0.5) is 17.1 Å². The number of hydrogen-bond donors (Lipinski definition) is 0. The predicted molar refractivity (Wildman–Crippen MR) is 115 cm³/mol. The number of amides is 2. The highest BCUT2D eigenvalue weighted by molar-refractivity contribution is 6.05. The number of anilines is 3. The predicted octanol–water partition coefficient (Wildman–Crippen LogP) is 2.86. The van der Waals surface area contributed by atoms with E-state index >= 15 is 0 Å². The Labute approximate surface area is 171 Å². The van der Waals surface area contributed by atoms with Crippen molar-refractivity contribution in [3.63, 3.8) is 0 Å². The van der Waals surface area contributed by atoms with Crippen molar-refractivity contribution in [3.05, 3.63) is 54.1 Å². The molecule has 2 aliphatic heterocycles. The quantitative estimate of drug-likeness (QED) is 0.802. The van der Waals surface area contributed by atoms with Gasteiger partial charge in [0.2, 0.25) is 11.8 Å². The number of benzene rings is 2. The average molecular weight is 393 g/mol. The highest BCUT2D eigenvalue weighted by atomic mass is 16.5. The van der Waals surface area contributed by atoms with Crippen LogP contribution >= 0.6 is 0 Å². The minimum absolute atomic E-state index is 0.0328. The molecule has 0 saturated carbocycles. The monoisotopic (exact) mass is 393 g/mol. The number of nitrogens with zero attached hydrogens (tertiary/aromatic N) is 3. The zero-order valence-corrected chi connectivity index (χ0v) is 16.8. The molecule has 0 bridgehead atoms. The molecule has 1 saturated heterocycles. The SMILES string of the molecule is CC(=O)N(CC(=O)N1CCCc2ccccc21)c1ccccc1N1CCOCC1. The van der Waals surface area contributed by atoms with Crippen LogP contribution in [0.1, 0.15) is 18.9 Å². The van der Waals surface area contributed by atoms with Gasteiger partial charge in [-0.15, -0.1) is 0 Å². The molecule has 0 spiro atoms. The second-order valence-corrected chi connectivity index (χ2v) is 7.47. The molecule has 6 nitrogen and oxygen atoms in total. The third-order valence-corrected chi connectivity index (χ3v) is 5.61. The minimum atomic E-state index is -0.135. The average Bonchev–Trinajstić information content (AvgIpc) is 2.77. The third kappa shape index (κ3) is 4.12. The van der Waals surface area contributed by atoms with Crippen LogP contribution in [-0.2, 0) is 20.7 Å². The molecule has 2 aromatic carbocycles. The molecular weight excluding hydrogens is 366 g/mol. The van der Waals surface area contributed by atoms with E-state index in [1.807, 2.05) is 47.4 Å². The maximum Gasteiger partial charge on any atom is 0.247 e. The molecule has 152 valence electrons. The Hall–Kier alpha value is -2.86. The van der Waals surface area contributed by atoms with Gasteiger partial charge in [0.15, 0.2) is 0 Å². The molecule has 0 atom stereocenters. The van der Waals surface area contributed by atoms with Crippen molar-refractivity contribution >= 4 is 28.9 Å². The van der Waals surface area contributed by atoms with Gasteiger partial charge >= 0.3 is 0 Å². The summed E-state index contributed by atoms with van der Waals surface area (Å²) in [5.41, 5.74) is 3.90. The summed E-state index contributed by atoms with van der Waals surface area (Å²) in [6.45, 7) is 5.12. The zero-order valence-electron chi connectivity index (χ0n) is 16.8. The first kappa shape index (κ1) is 19.5. The molecule has 0 aromatic heterocycles. The molecular formula is C23H27N3O3. The second-order valence-electron chi connectivity index (χ2n) is 7.47. The third-order valence-electron chi connectivity index (χ3n) is 5.61. The lowest BCUT2D eigenvalue weighted by Gasteiger charge is -2.35. The standard InChI is InChI=1S/C23H27N3O3/c1-18(27)26(22-11-5-4-10-21(22)24-13-15-29-16-14-24)17-23(28)25-12-6-8-19-7-2-3-9-20(19)25/h2-5,7,9-11H,6,8,12-17H2,1H3. The van der Waals surface area contributed by atoms with Gasteiger partial charge < -0.3 is 19.4 Å². The van der Waals surface area contributed by atoms with Crippen LogP contribution in [-0.4, -0.2) is 51.2 Å². The van der Waals surface area contributed by atoms with Gasteiger partial charge in [-0.2, -0.15) is 0 Å². The Balaban J connectivity index is 1.60. The topological polar surface area (TPSA) is 53.1 Å². The van der Waals surface area contributed by atoms with Gasteiger partial charge in [-0.25, -0.2) is 0 Å². The smallest absolute Gasteiger partial charge is 0.247 e. The fourth-order valence-electron chi connectivity index (χ4n) is 4.14. The van der Waals surface area contributed by atoms with E-state index in [1.165, 1.54) is 12.5 Å². The summed E-state index contributed by atoms with van der Waals surface area (Å²) in [6, 6.07) is 15.8. The highest BCUT2D eigenvalue weighted by Gasteiger charge is 2.27. The molecule has 2 amide bonds. The van der Waals surface area contributed by atoms with Gasteiger partial charge in [0.1, 0.15) is 6.54 Å². The van der Waals surface area contributed by atoms with Gasteiger partial charge in [0, 0.05) is 32.2 Å². The molecule has 2 aromatic rings. The van der Waals surface area contributed by atoms with Crippen molar-refractivity contribution in [2.45, 2.75) is 19.8 Å². The van der Waals surface area contributed by atoms with Gasteiger partial charge in [-0.05, 0) is 36.6 Å². The van der Waals surface area contributed by atoms with Crippen molar-refractivity contribution in [3.8, 4) is 0 Å². The summed E-state index contributed by atoms with van der Waals surface area (Å²) in [6.07, 6.45) is 1.92. The second kappa shape index (κ2) is 8.66. The van der Waals surface area contributed by atoms with E-state index in [0.717, 1.165) is 43.0 Å². The van der Waals surface area contributed by atoms with Crippen LogP contribution in [0.25, 0.3) is 0 Å². The number of carbonyl (C=O) groups is 2. The van der Waals surface area contributed by atoms with E-state index in [0.29, 0.717) is 19.8 Å². The van der Waals surface area contributed by atoms with Gasteiger partial charge in [0.05, 0.1) is 24.6 Å². The lowest BCUT2D eigenvalue weighted by Crippen LogP contribution is -2.45. The van der Waals surface area contributed by atoms with E-state index in [1.54, 1.807) is 4.90 Å². The highest BCUT2D eigenvalue weighted by Crippen LogP contribution is 2.31. The molecule has 6 heteroatoms. The normalized spacial score (nSPS) is 16.3. The van der Waals surface area contributed by atoms with Crippen LogP contribution in [0.5, 0.6) is 0 Å². The fraction of sp³-hybridized carbons (Fsp3) is 0.391. The summed E-state index contributed by atoms with van der Waals surface area (Å²) < 4.78 is 5.46. The first-order valence-electron chi connectivity index (χ1n) is 10.2. The lowest BCUT2D eigenvalue weighted by atomic mass is 10.0. The number of fused-ring (bicyclic) bond motifs is 1. The largest absolute Gasteiger partial charge is 0.378 e. The number of hydrogen-bond acceptors (Lipinski definition) is 4. The molecule has 2 aliphatic rings. The summed E-state index contributed by atoms with van der Waals surface area (Å²) in [4.78, 5) is 31.4. The van der Waals surface area contributed by atoms with Gasteiger partial charge in [0.25, 0.3) is 0 Å². The van der Waals surface area contributed by atoms with E-state index in [2.05, 4.69) is 11.0 Å². The number of ether oxygens (including phenoxy) is 1. The number of carbonyl (C=O) groups excluding carboxylic acids is 2. The van der Waals surface area contributed by atoms with Crippen molar-refractivity contribution < 1.29 is 14.3 Å². The molecule has 0 aliphatic carbocycles. The molecule has 2 heterocycles. The van der Waals surface area contributed by atoms with Crippen molar-refractivity contribution in [1.29, 1.82) is 0 Å². The van der Waals surface area contributed by atoms with Crippen molar-refractivity contribution in [2.75, 3.05) is 54.1 Å². The Morgan fingerprint density at radius 3 is 2.41 bits per heavy atom. The maximum atomic E-state index is 13.2. The first-order chi connectivity index (χ1) is 14.1. The Morgan fingerprint density at radius 2 is 1.66 bits per heavy atom. The lowest BCUT2D eigenvalue weighted by molar-refractivity contribution is -0.121. The minimum Gasteiger partial charge on any atom is -0.378 e. The Kier molecular flexibility index (Phi) is 5.81. The maximum absolute atomic E-state index is 13.2. The molecule has 0 N–H and O–H groups in total. The molecule has 29 heavy (non-hydrogen) atoms. The molecule has 1 fully saturated rings. The zero-order chi connectivity index (χ0) is 20.2. The summed E-state index contributed by atoms with van der Waals surface area (Å²) in [5.74, 6) is -0.187. The summed E-state index contributed by atoms with van der Waals surface area (Å²) in [7, 11) is 0. The van der Waals surface area contributed by atoms with E-state index in [-0.39, 0.29) is 18.4 Å². The number of rotatable bonds is 4. The van der Waals surface area contributed by atoms with Crippen molar-refractivity contribution in [2.24, 2.45) is 0 Å². The number of morpholine rings is 1. The van der Waals surface area contributed by atoms with Crippen LogP contribution in [0.2, 0.25) is 0 Å². The first-order valence-corrected chi connectivity index (χ1v) is 10.2. The van der Waals surface area contributed by atoms with Gasteiger partial charge in [-0.1, -0.05) is 30.3 Å². The van der Waals surface area contributed by atoms with Crippen LogP contribution in [0.15, 0.2) is 48.5 Å². The van der Waals surface area contributed by atoms with E-state index < -0.39 is 0 Å². The Bertz CT molecular complexity index is 892. The van der Waals surface area contributed by atoms with Gasteiger partial charge in [-0.3, -0.25) is 9.59 Å². The summed E-state index contributed by atoms with van der Waals surface area (Å²) >= 11 is 0. The van der Waals surface area contributed by atoms with Crippen molar-refractivity contribution in [1.82, 2.24) is 0 Å². The number of para-hydroxylation sites is 3.